The van der Waals surface area contributed by atoms with Gasteiger partial charge in [0.15, 0.2) is 10.5 Å². The van der Waals surface area contributed by atoms with E-state index in [0.717, 1.165) is 27.1 Å². The van der Waals surface area contributed by atoms with E-state index in [9.17, 15) is 54.7 Å². The Morgan fingerprint density at radius 3 is 2.07 bits per heavy atom. The highest BCUT2D eigenvalue weighted by Crippen LogP contribution is 2.14. The van der Waals surface area contributed by atoms with Crippen LogP contribution in [0.4, 0.5) is 0 Å². The molecule has 310 valence electrons. The van der Waals surface area contributed by atoms with E-state index in [4.69, 9.17) is 4.74 Å². The summed E-state index contributed by atoms with van der Waals surface area (Å²) in [6.45, 7) is 0.409. The molecule has 23 heteroatoms. The van der Waals surface area contributed by atoms with E-state index in [2.05, 4.69) is 60.2 Å². The Morgan fingerprint density at radius 2 is 1.46 bits per heavy atom. The maximum atomic E-state index is 12.6. The van der Waals surface area contributed by atoms with Crippen LogP contribution in [-0.4, -0.2) is 113 Å². The average molecular weight is 949 g/mol. The van der Waals surface area contributed by atoms with Crippen molar-refractivity contribution in [2.24, 2.45) is 0 Å². The fourth-order valence-electron chi connectivity index (χ4n) is 4.91. The number of aromatic nitrogens is 1. The van der Waals surface area contributed by atoms with Crippen molar-refractivity contribution in [3.63, 3.8) is 0 Å². The number of carbonyl (C=O) groups is 6. The molecule has 2 aromatic rings. The Morgan fingerprint density at radius 1 is 0.860 bits per heavy atom. The molecule has 6 N–H and O–H groups in total. The summed E-state index contributed by atoms with van der Waals surface area (Å²) in [5.41, 5.74) is 3.29. The highest BCUT2D eigenvalue weighted by Gasteiger charge is 2.36. The van der Waals surface area contributed by atoms with Crippen LogP contribution >= 0.6 is 22.6 Å². The molecule has 0 radical (unpaired) electrons. The molecule has 57 heavy (non-hydrogen) atoms. The number of halogens is 1. The molecule has 1 aromatic heterocycles. The number of ether oxygens (including phenoxy) is 1. The fraction of sp³-hybridized carbons (Fsp3) is 0.441. The van der Waals surface area contributed by atoms with Crippen LogP contribution in [0, 0.1) is 18.8 Å². The summed E-state index contributed by atoms with van der Waals surface area (Å²) in [5.74, 6) is 0.720. The molecular weight excluding hydrogens is 907 g/mol. The van der Waals surface area contributed by atoms with Gasteiger partial charge in [-0.2, -0.15) is 16.8 Å². The monoisotopic (exact) mass is 948 g/mol. The second-order valence-electron chi connectivity index (χ2n) is 12.3. The predicted octanol–water partition coefficient (Wildman–Crippen LogP) is -0.320. The van der Waals surface area contributed by atoms with Gasteiger partial charge in [-0.25, -0.2) is 4.79 Å². The minimum atomic E-state index is -5.19. The maximum absolute atomic E-state index is 12.6. The summed E-state index contributed by atoms with van der Waals surface area (Å²) in [5, 5.41) is 5.14. The highest BCUT2D eigenvalue weighted by molar-refractivity contribution is 14.1. The number of nitrogens with zero attached hydrogens (tertiary/aromatic N) is 2. The number of benzene rings is 1. The standard InChI is InChI=1S/C34H41IN6O14S2/c1-22-16-24(17-25(40-22)18-36-21-35)7-6-23-8-10-26(11-9-23)54-15-3-14-37-33(46)28(57(51,52)53)20-39-34(47)27(56(48,49)50)19-38-29(42)4-2-5-32(45)55-41-30(43)12-13-31(41)44/h8-11,16-17,27-28,36H,2-5,12-15,18-21H2,1H3,(H,37,46)(H,38,42)(H,39,47)(H,48,49,50)(H,51,52,53). The molecule has 0 saturated carbocycles. The Labute approximate surface area is 342 Å². The first kappa shape index (κ1) is 46.6. The molecule has 0 spiro atoms. The van der Waals surface area contributed by atoms with Crippen molar-refractivity contribution in [2.45, 2.75) is 62.5 Å². The zero-order chi connectivity index (χ0) is 42.2. The summed E-state index contributed by atoms with van der Waals surface area (Å²) in [6, 6.07) is 10.7. The van der Waals surface area contributed by atoms with E-state index in [1.54, 1.807) is 24.3 Å². The predicted molar refractivity (Wildman–Crippen MR) is 208 cm³/mol. The van der Waals surface area contributed by atoms with E-state index in [-0.39, 0.29) is 38.8 Å². The van der Waals surface area contributed by atoms with Gasteiger partial charge in [0.1, 0.15) is 5.75 Å². The summed E-state index contributed by atoms with van der Waals surface area (Å²) in [6.07, 6.45) is -1.01. The van der Waals surface area contributed by atoms with Crippen LogP contribution < -0.4 is 26.0 Å². The quantitative estimate of drug-likeness (QED) is 0.0178. The third kappa shape index (κ3) is 16.3. The number of hydroxylamine groups is 2. The molecule has 2 heterocycles. The van der Waals surface area contributed by atoms with Gasteiger partial charge in [0, 0.05) is 73.2 Å². The number of imide groups is 1. The molecule has 1 aliphatic rings. The van der Waals surface area contributed by atoms with Crippen LogP contribution in [0.15, 0.2) is 36.4 Å². The molecule has 20 nitrogen and oxygen atoms in total. The van der Waals surface area contributed by atoms with Gasteiger partial charge in [0.2, 0.25) is 17.7 Å². The van der Waals surface area contributed by atoms with Crippen molar-refractivity contribution in [1.82, 2.24) is 31.3 Å². The number of pyridine rings is 1. The normalized spacial score (nSPS) is 13.9. The number of carbonyl (C=O) groups excluding carboxylic acids is 6. The van der Waals surface area contributed by atoms with Gasteiger partial charge in [-0.3, -0.25) is 38.1 Å². The lowest BCUT2D eigenvalue weighted by Gasteiger charge is -2.18. The topological polar surface area (TPSA) is 294 Å². The minimum Gasteiger partial charge on any atom is -0.494 e. The number of hydrogen-bond acceptors (Lipinski definition) is 14. The van der Waals surface area contributed by atoms with Crippen LogP contribution in [0.2, 0.25) is 0 Å². The lowest BCUT2D eigenvalue weighted by Crippen LogP contribution is -2.52. The first-order valence-corrected chi connectivity index (χ1v) is 21.7. The van der Waals surface area contributed by atoms with Crippen molar-refractivity contribution >= 4 is 78.3 Å². The van der Waals surface area contributed by atoms with E-state index >= 15 is 0 Å². The lowest BCUT2D eigenvalue weighted by molar-refractivity contribution is -0.197. The number of aryl methyl sites for hydroxylation is 1. The number of amides is 5. The summed E-state index contributed by atoms with van der Waals surface area (Å²) >= 11 is 2.22. The Kier molecular flexibility index (Phi) is 18.2. The third-order valence-corrected chi connectivity index (χ3v) is 10.5. The van der Waals surface area contributed by atoms with Crippen LogP contribution in [0.5, 0.6) is 5.75 Å². The average Bonchev–Trinajstić information content (AvgIpc) is 3.44. The van der Waals surface area contributed by atoms with Gasteiger partial charge >= 0.3 is 5.97 Å². The minimum absolute atomic E-state index is 0.0926. The van der Waals surface area contributed by atoms with Crippen molar-refractivity contribution in [3.05, 3.63) is 58.9 Å². The van der Waals surface area contributed by atoms with Crippen molar-refractivity contribution in [3.8, 4) is 17.6 Å². The maximum Gasteiger partial charge on any atom is 0.333 e. The first-order valence-electron chi connectivity index (χ1n) is 17.2. The zero-order valence-electron chi connectivity index (χ0n) is 30.5. The van der Waals surface area contributed by atoms with Gasteiger partial charge in [-0.1, -0.05) is 34.4 Å². The molecule has 0 bridgehead atoms. The van der Waals surface area contributed by atoms with Crippen molar-refractivity contribution in [2.75, 3.05) is 30.8 Å². The number of nitrogens with one attached hydrogen (secondary N) is 4. The number of hydrogen-bond donors (Lipinski definition) is 6. The second kappa shape index (κ2) is 22.3. The van der Waals surface area contributed by atoms with E-state index in [0.29, 0.717) is 17.4 Å². The summed E-state index contributed by atoms with van der Waals surface area (Å²) < 4.78 is 73.3. The van der Waals surface area contributed by atoms with Crippen molar-refractivity contribution in [1.29, 1.82) is 0 Å². The largest absolute Gasteiger partial charge is 0.494 e. The fourth-order valence-corrected chi connectivity index (χ4v) is 6.47. The van der Waals surface area contributed by atoms with E-state index in [1.165, 1.54) is 0 Å². The Bertz CT molecular complexity index is 2070. The lowest BCUT2D eigenvalue weighted by atomic mass is 10.1. The summed E-state index contributed by atoms with van der Waals surface area (Å²) in [7, 11) is -10.3. The molecule has 1 aliphatic heterocycles. The first-order chi connectivity index (χ1) is 26.9. The summed E-state index contributed by atoms with van der Waals surface area (Å²) in [4.78, 5) is 81.5. The van der Waals surface area contributed by atoms with Gasteiger partial charge in [-0.05, 0) is 56.2 Å². The van der Waals surface area contributed by atoms with Crippen molar-refractivity contribution < 1.29 is 64.3 Å². The van der Waals surface area contributed by atoms with Crippen LogP contribution in [-0.2, 0) is 60.4 Å². The molecule has 5 amide bonds. The van der Waals surface area contributed by atoms with Gasteiger partial charge in [0.25, 0.3) is 32.1 Å². The van der Waals surface area contributed by atoms with Crippen LogP contribution in [0.1, 0.15) is 61.0 Å². The molecule has 1 saturated heterocycles. The Balaban J connectivity index is 1.42. The molecule has 3 rings (SSSR count). The molecule has 1 fully saturated rings. The number of rotatable bonds is 21. The smallest absolute Gasteiger partial charge is 0.333 e. The number of alkyl halides is 1. The SMILES string of the molecule is Cc1cc(C#Cc2ccc(OCCCNC(=O)C(CNC(=O)C(CNC(=O)CCCC(=O)ON3C(=O)CCC3=O)S(=O)(=O)O)S(=O)(=O)O)cc2)cc(CNCI)n1. The van der Waals surface area contributed by atoms with E-state index in [1.807, 2.05) is 24.4 Å². The molecule has 2 atom stereocenters. The second-order valence-corrected chi connectivity index (χ2v) is 16.2. The van der Waals surface area contributed by atoms with Gasteiger partial charge < -0.3 is 30.8 Å². The van der Waals surface area contributed by atoms with Gasteiger partial charge in [-0.15, -0.1) is 5.06 Å². The third-order valence-electron chi connectivity index (χ3n) is 7.74. The van der Waals surface area contributed by atoms with Gasteiger partial charge in [0.05, 0.1) is 12.3 Å². The molecule has 1 aromatic carbocycles. The van der Waals surface area contributed by atoms with E-state index < -0.39 is 92.2 Å². The molecule has 2 unspecified atom stereocenters. The van der Waals surface area contributed by atoms with Crippen LogP contribution in [0.25, 0.3) is 0 Å². The highest BCUT2D eigenvalue weighted by atomic mass is 127. The molecule has 0 aliphatic carbocycles. The zero-order valence-corrected chi connectivity index (χ0v) is 34.3. The molecular formula is C34H41IN6O14S2. The van der Waals surface area contributed by atoms with Crippen LogP contribution in [0.3, 0.4) is 0 Å². The Hall–Kier alpha value is -4.74.